The van der Waals surface area contributed by atoms with E-state index in [1.165, 1.54) is 10.4 Å². The van der Waals surface area contributed by atoms with E-state index in [0.717, 1.165) is 11.3 Å². The molecule has 1 heterocycles. The fourth-order valence-corrected chi connectivity index (χ4v) is 1.90. The molecule has 1 aliphatic heterocycles. The summed E-state index contributed by atoms with van der Waals surface area (Å²) in [5, 5.41) is 11.0. The number of rotatable bonds is 4. The van der Waals surface area contributed by atoms with Gasteiger partial charge in [0.25, 0.3) is 5.91 Å². The Hall–Kier alpha value is -2.28. The average Bonchev–Trinajstić information content (AvgIpc) is 2.80. The first kappa shape index (κ1) is 13.2. The van der Waals surface area contributed by atoms with E-state index in [-0.39, 0.29) is 12.6 Å². The minimum Gasteiger partial charge on any atom is -0.497 e. The van der Waals surface area contributed by atoms with Crippen LogP contribution < -0.4 is 15.5 Å². The number of methoxy groups -OCH3 is 1. The molecule has 3 N–H and O–H groups in total. The minimum atomic E-state index is -0.726. The van der Waals surface area contributed by atoms with E-state index in [1.54, 1.807) is 19.2 Å². The normalized spacial score (nSPS) is 18.1. The smallest absolute Gasteiger partial charge is 0.318 e. The third kappa shape index (κ3) is 2.94. The minimum absolute atomic E-state index is 0.219. The Kier molecular flexibility index (Phi) is 3.86. The van der Waals surface area contributed by atoms with Crippen molar-refractivity contribution in [3.05, 3.63) is 29.8 Å². The number of nitrogens with zero attached hydrogens (tertiary/aromatic N) is 1. The standard InChI is InChI=1S/C12H15N3O4/c1-19-9-4-2-8(3-5-9)6-15-7-10(11(16)14-18)13-12(15)17/h2-5,10,18H,6-7H2,1H3,(H,13,17)(H,14,16)/t10-/m1/s1. The lowest BCUT2D eigenvalue weighted by molar-refractivity contribution is -0.130. The summed E-state index contributed by atoms with van der Waals surface area (Å²) in [5.41, 5.74) is 2.46. The van der Waals surface area contributed by atoms with Gasteiger partial charge in [-0.1, -0.05) is 12.1 Å². The van der Waals surface area contributed by atoms with E-state index in [9.17, 15) is 9.59 Å². The molecule has 1 fully saturated rings. The van der Waals surface area contributed by atoms with E-state index < -0.39 is 11.9 Å². The number of hydrogen-bond acceptors (Lipinski definition) is 4. The molecule has 0 saturated carbocycles. The van der Waals surface area contributed by atoms with E-state index in [4.69, 9.17) is 9.94 Å². The largest absolute Gasteiger partial charge is 0.497 e. The van der Waals surface area contributed by atoms with Gasteiger partial charge in [-0.3, -0.25) is 10.0 Å². The van der Waals surface area contributed by atoms with Gasteiger partial charge in [-0.15, -0.1) is 0 Å². The monoisotopic (exact) mass is 265 g/mol. The summed E-state index contributed by atoms with van der Waals surface area (Å²) in [6, 6.07) is 6.26. The topological polar surface area (TPSA) is 90.9 Å². The second-order valence-corrected chi connectivity index (χ2v) is 4.21. The van der Waals surface area contributed by atoms with Crippen LogP contribution in [0.5, 0.6) is 5.75 Å². The Morgan fingerprint density at radius 2 is 2.21 bits per heavy atom. The van der Waals surface area contributed by atoms with Gasteiger partial charge in [0.2, 0.25) is 0 Å². The molecular weight excluding hydrogens is 250 g/mol. The summed E-state index contributed by atoms with van der Waals surface area (Å²) >= 11 is 0. The molecule has 0 spiro atoms. The van der Waals surface area contributed by atoms with Crippen LogP contribution in [0.25, 0.3) is 0 Å². The molecule has 3 amide bonds. The van der Waals surface area contributed by atoms with Crippen molar-refractivity contribution in [2.75, 3.05) is 13.7 Å². The lowest BCUT2D eigenvalue weighted by Crippen LogP contribution is -2.41. The van der Waals surface area contributed by atoms with Gasteiger partial charge in [-0.05, 0) is 17.7 Å². The van der Waals surface area contributed by atoms with Gasteiger partial charge in [-0.2, -0.15) is 0 Å². The van der Waals surface area contributed by atoms with Gasteiger partial charge in [-0.25, -0.2) is 10.3 Å². The van der Waals surface area contributed by atoms with E-state index in [1.807, 2.05) is 12.1 Å². The zero-order valence-corrected chi connectivity index (χ0v) is 10.4. The van der Waals surface area contributed by atoms with Crippen LogP contribution in [-0.4, -0.2) is 41.7 Å². The SMILES string of the molecule is COc1ccc(CN2C[C@H](C(=O)NO)NC2=O)cc1. The van der Waals surface area contributed by atoms with Crippen LogP contribution in [0, 0.1) is 0 Å². The van der Waals surface area contributed by atoms with Crippen LogP contribution in [-0.2, 0) is 11.3 Å². The Bertz CT molecular complexity index is 474. The maximum atomic E-state index is 11.7. The first-order valence-electron chi connectivity index (χ1n) is 5.76. The number of carbonyl (C=O) groups is 2. The summed E-state index contributed by atoms with van der Waals surface area (Å²) in [4.78, 5) is 24.4. The third-order valence-corrected chi connectivity index (χ3v) is 2.95. The molecule has 19 heavy (non-hydrogen) atoms. The van der Waals surface area contributed by atoms with Crippen molar-refractivity contribution in [3.8, 4) is 5.75 Å². The van der Waals surface area contributed by atoms with Gasteiger partial charge in [0, 0.05) is 6.54 Å². The fraction of sp³-hybridized carbons (Fsp3) is 0.333. The Balaban J connectivity index is 1.99. The van der Waals surface area contributed by atoms with Gasteiger partial charge in [0.1, 0.15) is 11.8 Å². The highest BCUT2D eigenvalue weighted by atomic mass is 16.5. The van der Waals surface area contributed by atoms with Gasteiger partial charge in [0.15, 0.2) is 0 Å². The second kappa shape index (κ2) is 5.57. The van der Waals surface area contributed by atoms with Crippen molar-refractivity contribution in [1.29, 1.82) is 0 Å². The van der Waals surface area contributed by atoms with Crippen molar-refractivity contribution in [2.45, 2.75) is 12.6 Å². The van der Waals surface area contributed by atoms with Crippen LogP contribution in [0.4, 0.5) is 4.79 Å². The zero-order chi connectivity index (χ0) is 13.8. The highest BCUT2D eigenvalue weighted by Gasteiger charge is 2.33. The second-order valence-electron chi connectivity index (χ2n) is 4.21. The summed E-state index contributed by atoms with van der Waals surface area (Å²) in [6.07, 6.45) is 0. The number of ether oxygens (including phenoxy) is 1. The van der Waals surface area contributed by atoms with E-state index in [2.05, 4.69) is 5.32 Å². The Morgan fingerprint density at radius 1 is 1.53 bits per heavy atom. The number of hydrogen-bond donors (Lipinski definition) is 3. The molecule has 7 nitrogen and oxygen atoms in total. The van der Waals surface area contributed by atoms with Crippen molar-refractivity contribution in [1.82, 2.24) is 15.7 Å². The molecule has 1 aromatic carbocycles. The van der Waals surface area contributed by atoms with E-state index >= 15 is 0 Å². The first-order valence-corrected chi connectivity index (χ1v) is 5.76. The maximum Gasteiger partial charge on any atom is 0.318 e. The van der Waals surface area contributed by atoms with Crippen molar-refractivity contribution in [3.63, 3.8) is 0 Å². The van der Waals surface area contributed by atoms with Crippen LogP contribution in [0.15, 0.2) is 24.3 Å². The number of amides is 3. The van der Waals surface area contributed by atoms with Gasteiger partial charge < -0.3 is 15.0 Å². The molecule has 2 rings (SSSR count). The van der Waals surface area contributed by atoms with Crippen molar-refractivity contribution < 1.29 is 19.5 Å². The molecule has 7 heteroatoms. The molecule has 0 radical (unpaired) electrons. The van der Waals surface area contributed by atoms with Crippen molar-refractivity contribution in [2.24, 2.45) is 0 Å². The number of urea groups is 1. The van der Waals surface area contributed by atoms with Crippen LogP contribution in [0.3, 0.4) is 0 Å². The molecule has 102 valence electrons. The predicted octanol–water partition coefficient (Wildman–Crippen LogP) is 0.0944. The van der Waals surface area contributed by atoms with Crippen LogP contribution in [0.1, 0.15) is 5.56 Å². The van der Waals surface area contributed by atoms with Crippen LogP contribution in [0.2, 0.25) is 0 Å². The van der Waals surface area contributed by atoms with Gasteiger partial charge >= 0.3 is 6.03 Å². The number of carbonyl (C=O) groups excluding carboxylic acids is 2. The summed E-state index contributed by atoms with van der Waals surface area (Å²) in [5.74, 6) is 0.123. The molecule has 1 atom stereocenters. The summed E-state index contributed by atoms with van der Waals surface area (Å²) < 4.78 is 5.05. The first-order chi connectivity index (χ1) is 9.13. The Labute approximate surface area is 110 Å². The zero-order valence-electron chi connectivity index (χ0n) is 10.4. The molecular formula is C12H15N3O4. The third-order valence-electron chi connectivity index (χ3n) is 2.95. The number of hydroxylamine groups is 1. The Morgan fingerprint density at radius 3 is 2.79 bits per heavy atom. The maximum absolute atomic E-state index is 11.7. The molecule has 0 aromatic heterocycles. The number of benzene rings is 1. The van der Waals surface area contributed by atoms with Gasteiger partial charge in [0.05, 0.1) is 13.7 Å². The molecule has 0 bridgehead atoms. The molecule has 0 aliphatic carbocycles. The van der Waals surface area contributed by atoms with E-state index in [0.29, 0.717) is 6.54 Å². The fourth-order valence-electron chi connectivity index (χ4n) is 1.90. The molecule has 1 saturated heterocycles. The highest BCUT2D eigenvalue weighted by Crippen LogP contribution is 2.15. The lowest BCUT2D eigenvalue weighted by Gasteiger charge is -2.14. The highest BCUT2D eigenvalue weighted by molar-refractivity contribution is 5.89. The quantitative estimate of drug-likeness (QED) is 0.531. The van der Waals surface area contributed by atoms with Crippen molar-refractivity contribution >= 4 is 11.9 Å². The number of nitrogens with one attached hydrogen (secondary N) is 2. The predicted molar refractivity (Wildman–Crippen MR) is 65.7 cm³/mol. The summed E-state index contributed by atoms with van der Waals surface area (Å²) in [7, 11) is 1.58. The molecule has 1 aliphatic rings. The molecule has 0 unspecified atom stereocenters. The molecule has 1 aromatic rings. The summed E-state index contributed by atoms with van der Waals surface area (Å²) in [6.45, 7) is 0.613. The lowest BCUT2D eigenvalue weighted by atomic mass is 10.2. The average molecular weight is 265 g/mol. The van der Waals surface area contributed by atoms with Crippen LogP contribution >= 0.6 is 0 Å².